The van der Waals surface area contributed by atoms with Gasteiger partial charge in [0.1, 0.15) is 6.54 Å². The zero-order valence-corrected chi connectivity index (χ0v) is 15.7. The van der Waals surface area contributed by atoms with Crippen molar-refractivity contribution < 1.29 is 22.7 Å². The maximum atomic E-state index is 12.4. The molecule has 0 heterocycles. The van der Waals surface area contributed by atoms with E-state index in [-0.39, 0.29) is 10.8 Å². The highest BCUT2D eigenvalue weighted by molar-refractivity contribution is 7.89. The topological polar surface area (TPSA) is 92.8 Å². The summed E-state index contributed by atoms with van der Waals surface area (Å²) in [6.45, 7) is 6.17. The molecule has 134 valence electrons. The van der Waals surface area contributed by atoms with Gasteiger partial charge >= 0.3 is 5.97 Å². The highest BCUT2D eigenvalue weighted by atomic mass is 32.2. The van der Waals surface area contributed by atoms with Gasteiger partial charge in [-0.15, -0.1) is 0 Å². The Kier molecular flexibility index (Phi) is 6.50. The van der Waals surface area contributed by atoms with E-state index in [4.69, 9.17) is 4.74 Å². The van der Waals surface area contributed by atoms with Gasteiger partial charge in [0.25, 0.3) is 5.91 Å². The van der Waals surface area contributed by atoms with Crippen LogP contribution in [-0.4, -0.2) is 51.9 Å². The van der Waals surface area contributed by atoms with Crippen molar-refractivity contribution in [3.8, 4) is 0 Å². The minimum atomic E-state index is -3.85. The van der Waals surface area contributed by atoms with Crippen LogP contribution in [-0.2, 0) is 24.3 Å². The zero-order chi connectivity index (χ0) is 18.7. The first kappa shape index (κ1) is 20.1. The molecule has 1 rings (SSSR count). The summed E-state index contributed by atoms with van der Waals surface area (Å²) in [5.74, 6) is -1.19. The van der Waals surface area contributed by atoms with Crippen molar-refractivity contribution in [2.24, 2.45) is 0 Å². The summed E-state index contributed by atoms with van der Waals surface area (Å²) in [6, 6.07) is 3.52. The van der Waals surface area contributed by atoms with E-state index in [2.05, 4.69) is 4.72 Å². The Bertz CT molecular complexity index is 718. The summed E-state index contributed by atoms with van der Waals surface area (Å²) in [7, 11) is -0.772. The second kappa shape index (κ2) is 7.76. The Morgan fingerprint density at radius 3 is 2.12 bits per heavy atom. The standard InChI is InChI=1S/C16H24N2O5S/c1-10-7-11(2)15(12(3)8-10)24(21,22)17-9-14(19)23-13(4)16(20)18(5)6/h7-8,13,17H,9H2,1-6H3. The molecule has 1 aromatic carbocycles. The first-order valence-electron chi connectivity index (χ1n) is 7.44. The molecule has 8 heteroatoms. The summed E-state index contributed by atoms with van der Waals surface area (Å²) in [6.07, 6.45) is -0.972. The monoisotopic (exact) mass is 356 g/mol. The minimum absolute atomic E-state index is 0.151. The maximum absolute atomic E-state index is 12.4. The van der Waals surface area contributed by atoms with E-state index in [0.717, 1.165) is 5.56 Å². The molecule has 0 spiro atoms. The van der Waals surface area contributed by atoms with Crippen LogP contribution < -0.4 is 4.72 Å². The molecule has 0 saturated heterocycles. The summed E-state index contributed by atoms with van der Waals surface area (Å²) in [4.78, 5) is 24.8. The molecular weight excluding hydrogens is 332 g/mol. The number of benzene rings is 1. The first-order chi connectivity index (χ1) is 11.0. The molecule has 1 amide bonds. The van der Waals surface area contributed by atoms with Crippen molar-refractivity contribution in [1.82, 2.24) is 9.62 Å². The normalized spacial score (nSPS) is 12.6. The molecule has 0 radical (unpaired) electrons. The number of amides is 1. The average Bonchev–Trinajstić information content (AvgIpc) is 2.42. The number of ether oxygens (including phenoxy) is 1. The second-order valence-electron chi connectivity index (χ2n) is 5.92. The van der Waals surface area contributed by atoms with Gasteiger partial charge in [0.05, 0.1) is 4.90 Å². The lowest BCUT2D eigenvalue weighted by molar-refractivity contribution is -0.156. The SMILES string of the molecule is Cc1cc(C)c(S(=O)(=O)NCC(=O)OC(C)C(=O)N(C)C)c(C)c1. The Morgan fingerprint density at radius 1 is 1.17 bits per heavy atom. The Morgan fingerprint density at radius 2 is 1.67 bits per heavy atom. The molecular formula is C16H24N2O5S. The number of carbonyl (C=O) groups excluding carboxylic acids is 2. The molecule has 0 aliphatic rings. The quantitative estimate of drug-likeness (QED) is 0.765. The van der Waals surface area contributed by atoms with Crippen LogP contribution in [0.1, 0.15) is 23.6 Å². The van der Waals surface area contributed by atoms with Crippen molar-refractivity contribution in [3.05, 3.63) is 28.8 Å². The highest BCUT2D eigenvalue weighted by Gasteiger charge is 2.23. The fourth-order valence-electron chi connectivity index (χ4n) is 2.47. The highest BCUT2D eigenvalue weighted by Crippen LogP contribution is 2.21. The third-order valence-corrected chi connectivity index (χ3v) is 5.08. The van der Waals surface area contributed by atoms with E-state index in [1.165, 1.54) is 11.8 Å². The molecule has 24 heavy (non-hydrogen) atoms. The molecule has 1 aromatic rings. The van der Waals surface area contributed by atoms with Gasteiger partial charge < -0.3 is 9.64 Å². The Balaban J connectivity index is 2.80. The number of carbonyl (C=O) groups is 2. The van der Waals surface area contributed by atoms with Crippen molar-refractivity contribution in [2.75, 3.05) is 20.6 Å². The van der Waals surface area contributed by atoms with Crippen LogP contribution >= 0.6 is 0 Å². The van der Waals surface area contributed by atoms with Gasteiger partial charge in [0.2, 0.25) is 10.0 Å². The summed E-state index contributed by atoms with van der Waals surface area (Å²) < 4.78 is 32.0. The molecule has 0 bridgehead atoms. The second-order valence-corrected chi connectivity index (χ2v) is 7.62. The van der Waals surface area contributed by atoms with Gasteiger partial charge in [-0.25, -0.2) is 8.42 Å². The van der Waals surface area contributed by atoms with E-state index < -0.39 is 28.6 Å². The van der Waals surface area contributed by atoms with Crippen LogP contribution in [0.15, 0.2) is 17.0 Å². The number of likely N-dealkylation sites (N-methyl/N-ethyl adjacent to an activating group) is 1. The lowest BCUT2D eigenvalue weighted by Crippen LogP contribution is -2.38. The molecule has 1 N–H and O–H groups in total. The number of esters is 1. The molecule has 7 nitrogen and oxygen atoms in total. The average molecular weight is 356 g/mol. The van der Waals surface area contributed by atoms with Crippen LogP contribution in [0.25, 0.3) is 0 Å². The summed E-state index contributed by atoms with van der Waals surface area (Å²) >= 11 is 0. The number of nitrogens with zero attached hydrogens (tertiary/aromatic N) is 1. The lowest BCUT2D eigenvalue weighted by Gasteiger charge is -2.17. The van der Waals surface area contributed by atoms with E-state index >= 15 is 0 Å². The molecule has 0 aliphatic carbocycles. The van der Waals surface area contributed by atoms with Gasteiger partial charge in [0, 0.05) is 14.1 Å². The number of hydrogen-bond acceptors (Lipinski definition) is 5. The van der Waals surface area contributed by atoms with Crippen LogP contribution in [0, 0.1) is 20.8 Å². The fourth-order valence-corrected chi connectivity index (χ4v) is 3.89. The van der Waals surface area contributed by atoms with Crippen molar-refractivity contribution >= 4 is 21.9 Å². The minimum Gasteiger partial charge on any atom is -0.452 e. The van der Waals surface area contributed by atoms with E-state index in [9.17, 15) is 18.0 Å². The number of rotatable bonds is 6. The Hall–Kier alpha value is -1.93. The van der Waals surface area contributed by atoms with Crippen LogP contribution in [0.4, 0.5) is 0 Å². The molecule has 1 atom stereocenters. The van der Waals surface area contributed by atoms with Crippen LogP contribution in [0.5, 0.6) is 0 Å². The van der Waals surface area contributed by atoms with Gasteiger partial charge in [0.15, 0.2) is 6.10 Å². The van der Waals surface area contributed by atoms with E-state index in [0.29, 0.717) is 11.1 Å². The van der Waals surface area contributed by atoms with Gasteiger partial charge in [-0.2, -0.15) is 4.72 Å². The third kappa shape index (κ3) is 5.04. The first-order valence-corrected chi connectivity index (χ1v) is 8.92. The molecule has 0 aliphatic heterocycles. The number of aryl methyl sites for hydroxylation is 3. The lowest BCUT2D eigenvalue weighted by atomic mass is 10.1. The fraction of sp³-hybridized carbons (Fsp3) is 0.500. The summed E-state index contributed by atoms with van der Waals surface area (Å²) in [5, 5.41) is 0. The van der Waals surface area contributed by atoms with Gasteiger partial charge in [-0.3, -0.25) is 9.59 Å². The third-order valence-electron chi connectivity index (χ3n) is 3.38. The van der Waals surface area contributed by atoms with E-state index in [1.807, 2.05) is 6.92 Å². The Labute approximate surface area is 143 Å². The molecule has 0 fully saturated rings. The van der Waals surface area contributed by atoms with Crippen LogP contribution in [0.2, 0.25) is 0 Å². The van der Waals surface area contributed by atoms with Crippen molar-refractivity contribution in [2.45, 2.75) is 38.7 Å². The molecule has 1 unspecified atom stereocenters. The smallest absolute Gasteiger partial charge is 0.321 e. The zero-order valence-electron chi connectivity index (χ0n) is 14.8. The van der Waals surface area contributed by atoms with Crippen molar-refractivity contribution in [1.29, 1.82) is 0 Å². The maximum Gasteiger partial charge on any atom is 0.321 e. The van der Waals surface area contributed by atoms with Crippen LogP contribution in [0.3, 0.4) is 0 Å². The van der Waals surface area contributed by atoms with Crippen molar-refractivity contribution in [3.63, 3.8) is 0 Å². The van der Waals surface area contributed by atoms with Gasteiger partial charge in [-0.05, 0) is 38.8 Å². The van der Waals surface area contributed by atoms with E-state index in [1.54, 1.807) is 40.1 Å². The predicted molar refractivity (Wildman–Crippen MR) is 90.1 cm³/mol. The predicted octanol–water partition coefficient (Wildman–Crippen LogP) is 0.910. The largest absolute Gasteiger partial charge is 0.452 e. The molecule has 0 aromatic heterocycles. The number of hydrogen-bond donors (Lipinski definition) is 1. The number of sulfonamides is 1. The van der Waals surface area contributed by atoms with Gasteiger partial charge in [-0.1, -0.05) is 17.7 Å². The number of nitrogens with one attached hydrogen (secondary N) is 1. The summed E-state index contributed by atoms with van der Waals surface area (Å²) in [5.41, 5.74) is 2.16. The molecule has 0 saturated carbocycles.